The van der Waals surface area contributed by atoms with Gasteiger partial charge in [-0.25, -0.2) is 4.98 Å². The van der Waals surface area contributed by atoms with Gasteiger partial charge in [0, 0.05) is 17.8 Å². The molecule has 0 saturated heterocycles. The zero-order valence-electron chi connectivity index (χ0n) is 11.7. The van der Waals surface area contributed by atoms with Crippen LogP contribution in [0.4, 0.5) is 11.4 Å². The number of amides is 1. The zero-order chi connectivity index (χ0) is 14.8. The average Bonchev–Trinajstić information content (AvgIpc) is 2.49. The Hall–Kier alpha value is -2.07. The van der Waals surface area contributed by atoms with Crippen molar-refractivity contribution >= 4 is 28.9 Å². The number of nitrogens with one attached hydrogen (secondary N) is 2. The van der Waals surface area contributed by atoms with Crippen molar-refractivity contribution < 1.29 is 4.79 Å². The summed E-state index contributed by atoms with van der Waals surface area (Å²) in [6, 6.07) is 9.22. The molecule has 0 fully saturated rings. The molecule has 0 radical (unpaired) electrons. The van der Waals surface area contributed by atoms with Gasteiger partial charge in [0.2, 0.25) is 0 Å². The highest BCUT2D eigenvalue weighted by molar-refractivity contribution is 6.29. The maximum absolute atomic E-state index is 12.5. The van der Waals surface area contributed by atoms with Crippen LogP contribution >= 0.6 is 11.6 Å². The van der Waals surface area contributed by atoms with Gasteiger partial charge in [0.25, 0.3) is 5.91 Å². The number of aromatic nitrogens is 1. The first kappa shape index (κ1) is 13.9. The summed E-state index contributed by atoms with van der Waals surface area (Å²) in [4.78, 5) is 16.7. The van der Waals surface area contributed by atoms with Crippen LogP contribution in [0.2, 0.25) is 5.15 Å². The van der Waals surface area contributed by atoms with Gasteiger partial charge in [-0.2, -0.15) is 0 Å². The van der Waals surface area contributed by atoms with Gasteiger partial charge in [0.15, 0.2) is 0 Å². The van der Waals surface area contributed by atoms with Crippen molar-refractivity contribution in [2.45, 2.75) is 19.8 Å². The summed E-state index contributed by atoms with van der Waals surface area (Å²) in [5.41, 5.74) is 4.25. The summed E-state index contributed by atoms with van der Waals surface area (Å²) >= 11 is 5.83. The normalized spacial score (nSPS) is 13.2. The summed E-state index contributed by atoms with van der Waals surface area (Å²) in [7, 11) is 0. The molecule has 1 aromatic carbocycles. The van der Waals surface area contributed by atoms with Gasteiger partial charge in [-0.1, -0.05) is 17.7 Å². The van der Waals surface area contributed by atoms with Crippen LogP contribution in [0.1, 0.15) is 28.0 Å². The van der Waals surface area contributed by atoms with Gasteiger partial charge >= 0.3 is 0 Å². The number of aryl methyl sites for hydroxylation is 1. The molecule has 108 valence electrons. The van der Waals surface area contributed by atoms with E-state index < -0.39 is 0 Å². The third-order valence-corrected chi connectivity index (χ3v) is 3.85. The van der Waals surface area contributed by atoms with E-state index in [1.807, 2.05) is 25.1 Å². The van der Waals surface area contributed by atoms with E-state index in [1.54, 1.807) is 12.1 Å². The largest absolute Gasteiger partial charge is 0.385 e. The number of hydrogen-bond acceptors (Lipinski definition) is 3. The molecule has 0 unspecified atom stereocenters. The molecular formula is C16H16ClN3O. The number of anilines is 2. The fraction of sp³-hybridized carbons (Fsp3) is 0.250. The maximum Gasteiger partial charge on any atom is 0.256 e. The van der Waals surface area contributed by atoms with E-state index in [-0.39, 0.29) is 5.91 Å². The second-order valence-corrected chi connectivity index (χ2v) is 5.47. The average molecular weight is 302 g/mol. The van der Waals surface area contributed by atoms with Crippen molar-refractivity contribution in [3.63, 3.8) is 0 Å². The molecule has 0 saturated carbocycles. The van der Waals surface area contributed by atoms with E-state index in [0.717, 1.165) is 30.6 Å². The Balaban J connectivity index is 1.89. The highest BCUT2D eigenvalue weighted by atomic mass is 35.5. The fourth-order valence-electron chi connectivity index (χ4n) is 2.57. The molecular weight excluding hydrogens is 286 g/mol. The van der Waals surface area contributed by atoms with E-state index in [1.165, 1.54) is 0 Å². The van der Waals surface area contributed by atoms with Gasteiger partial charge in [-0.15, -0.1) is 0 Å². The lowest BCUT2D eigenvalue weighted by Gasteiger charge is -2.20. The summed E-state index contributed by atoms with van der Waals surface area (Å²) in [6.07, 6.45) is 1.96. The van der Waals surface area contributed by atoms with Crippen LogP contribution in [-0.2, 0) is 6.42 Å². The second-order valence-electron chi connectivity index (χ2n) is 5.08. The van der Waals surface area contributed by atoms with Crippen LogP contribution in [-0.4, -0.2) is 17.4 Å². The molecule has 2 N–H and O–H groups in total. The summed E-state index contributed by atoms with van der Waals surface area (Å²) < 4.78 is 0. The first-order valence-corrected chi connectivity index (χ1v) is 7.33. The van der Waals surface area contributed by atoms with Crippen molar-refractivity contribution in [1.29, 1.82) is 0 Å². The molecule has 3 rings (SSSR count). The predicted octanol–water partition coefficient (Wildman–Crippen LogP) is 3.65. The number of rotatable bonds is 2. The van der Waals surface area contributed by atoms with E-state index in [0.29, 0.717) is 22.1 Å². The van der Waals surface area contributed by atoms with Crippen LogP contribution in [0, 0.1) is 6.92 Å². The quantitative estimate of drug-likeness (QED) is 0.832. The molecule has 2 aromatic rings. The number of fused-ring (bicyclic) bond motifs is 1. The minimum absolute atomic E-state index is 0.109. The Morgan fingerprint density at radius 1 is 1.33 bits per heavy atom. The highest BCUT2D eigenvalue weighted by Crippen LogP contribution is 2.26. The molecule has 1 aliphatic rings. The number of nitrogens with zero attached hydrogens (tertiary/aromatic N) is 1. The second kappa shape index (κ2) is 5.74. The number of hydrogen-bond donors (Lipinski definition) is 2. The van der Waals surface area contributed by atoms with Crippen molar-refractivity contribution in [3.8, 4) is 0 Å². The topological polar surface area (TPSA) is 54.0 Å². The lowest BCUT2D eigenvalue weighted by Crippen LogP contribution is -2.19. The standard InChI is InChI=1S/C16H16ClN3O/c1-10-13(7-8-15(17)19-10)20-16(21)12-4-2-6-14-11(12)5-3-9-18-14/h2,4,6-8,18H,3,5,9H2,1H3,(H,20,21). The van der Waals surface area contributed by atoms with Crippen LogP contribution in [0.25, 0.3) is 0 Å². The van der Waals surface area contributed by atoms with E-state index in [9.17, 15) is 4.79 Å². The van der Waals surface area contributed by atoms with Crippen LogP contribution in [0.5, 0.6) is 0 Å². The summed E-state index contributed by atoms with van der Waals surface area (Å²) in [5.74, 6) is -0.109. The van der Waals surface area contributed by atoms with Crippen molar-refractivity contribution in [2.75, 3.05) is 17.2 Å². The minimum Gasteiger partial charge on any atom is -0.385 e. The van der Waals surface area contributed by atoms with E-state index in [2.05, 4.69) is 15.6 Å². The first-order chi connectivity index (χ1) is 10.1. The maximum atomic E-state index is 12.5. The molecule has 1 aromatic heterocycles. The summed E-state index contributed by atoms with van der Waals surface area (Å²) in [5, 5.41) is 6.67. The van der Waals surface area contributed by atoms with Gasteiger partial charge < -0.3 is 10.6 Å². The number of carbonyl (C=O) groups is 1. The Morgan fingerprint density at radius 2 is 2.19 bits per heavy atom. The summed E-state index contributed by atoms with van der Waals surface area (Å²) in [6.45, 7) is 2.78. The lowest BCUT2D eigenvalue weighted by atomic mass is 9.97. The molecule has 1 aliphatic heterocycles. The van der Waals surface area contributed by atoms with Gasteiger partial charge in [0.1, 0.15) is 5.15 Å². The predicted molar refractivity (Wildman–Crippen MR) is 85.2 cm³/mol. The first-order valence-electron chi connectivity index (χ1n) is 6.95. The molecule has 0 bridgehead atoms. The lowest BCUT2D eigenvalue weighted by molar-refractivity contribution is 0.102. The molecule has 21 heavy (non-hydrogen) atoms. The van der Waals surface area contributed by atoms with Gasteiger partial charge in [-0.05, 0) is 49.6 Å². The number of benzene rings is 1. The molecule has 1 amide bonds. The third-order valence-electron chi connectivity index (χ3n) is 3.64. The van der Waals surface area contributed by atoms with Gasteiger partial charge in [-0.3, -0.25) is 4.79 Å². The Labute approximate surface area is 128 Å². The van der Waals surface area contributed by atoms with Crippen molar-refractivity contribution in [3.05, 3.63) is 52.3 Å². The van der Waals surface area contributed by atoms with Crippen LogP contribution in [0.15, 0.2) is 30.3 Å². The molecule has 0 aliphatic carbocycles. The number of pyridine rings is 1. The monoisotopic (exact) mass is 301 g/mol. The SMILES string of the molecule is Cc1nc(Cl)ccc1NC(=O)c1cccc2c1CCCN2. The Bertz CT molecular complexity index is 700. The molecule has 5 heteroatoms. The molecule has 2 heterocycles. The van der Waals surface area contributed by atoms with Crippen molar-refractivity contribution in [1.82, 2.24) is 4.98 Å². The Kier molecular flexibility index (Phi) is 3.80. The zero-order valence-corrected chi connectivity index (χ0v) is 12.5. The van der Waals surface area contributed by atoms with Gasteiger partial charge in [0.05, 0.1) is 11.4 Å². The van der Waals surface area contributed by atoms with Crippen LogP contribution < -0.4 is 10.6 Å². The van der Waals surface area contributed by atoms with E-state index >= 15 is 0 Å². The van der Waals surface area contributed by atoms with Crippen molar-refractivity contribution in [2.24, 2.45) is 0 Å². The molecule has 0 atom stereocenters. The molecule has 4 nitrogen and oxygen atoms in total. The third kappa shape index (κ3) is 2.85. The Morgan fingerprint density at radius 3 is 3.00 bits per heavy atom. The van der Waals surface area contributed by atoms with E-state index in [4.69, 9.17) is 11.6 Å². The smallest absolute Gasteiger partial charge is 0.256 e. The molecule has 0 spiro atoms. The van der Waals surface area contributed by atoms with Crippen LogP contribution in [0.3, 0.4) is 0 Å². The highest BCUT2D eigenvalue weighted by Gasteiger charge is 2.18. The number of carbonyl (C=O) groups excluding carboxylic acids is 1. The number of halogens is 1. The minimum atomic E-state index is -0.109. The fourth-order valence-corrected chi connectivity index (χ4v) is 2.76.